The number of carbonyl (C=O) groups is 2. The summed E-state index contributed by atoms with van der Waals surface area (Å²) in [7, 11) is 1.29. The Balaban J connectivity index is 3.16. The van der Waals surface area contributed by atoms with Gasteiger partial charge in [-0.05, 0) is 29.7 Å². The Hall–Kier alpha value is -0.780. The van der Waals surface area contributed by atoms with Crippen LogP contribution in [0.3, 0.4) is 0 Å². The van der Waals surface area contributed by atoms with Gasteiger partial charge in [0.05, 0.1) is 17.7 Å². The van der Waals surface area contributed by atoms with Crippen LogP contribution in [-0.2, 0) is 9.53 Å². The number of hydrogen-bond donors (Lipinski definition) is 0. The number of hydrogen-bond acceptors (Lipinski definition) is 4. The van der Waals surface area contributed by atoms with E-state index in [0.29, 0.717) is 4.90 Å². The molecule has 0 aliphatic carbocycles. The number of ether oxygens (including phenoxy) is 1. The molecule has 0 saturated carbocycles. The zero-order chi connectivity index (χ0) is 15.4. The number of thioether (sulfide) groups is 1. The first-order valence-electron chi connectivity index (χ1n) is 5.71. The van der Waals surface area contributed by atoms with Gasteiger partial charge in [-0.2, -0.15) is 0 Å². The van der Waals surface area contributed by atoms with E-state index < -0.39 is 22.3 Å². The molecule has 1 atom stereocenters. The lowest BCUT2D eigenvalue weighted by molar-refractivity contribution is -0.140. The minimum Gasteiger partial charge on any atom is -0.468 e. The first-order valence-corrected chi connectivity index (χ1v) is 7.34. The van der Waals surface area contributed by atoms with Crippen molar-refractivity contribution >= 4 is 46.2 Å². The van der Waals surface area contributed by atoms with Gasteiger partial charge in [0.15, 0.2) is 0 Å². The van der Waals surface area contributed by atoms with Crippen LogP contribution in [0.1, 0.15) is 24.2 Å². The van der Waals surface area contributed by atoms with Gasteiger partial charge in [-0.1, -0.05) is 25.4 Å². The van der Waals surface area contributed by atoms with E-state index >= 15 is 0 Å². The standard InChI is InChI=1S/C13H13Cl2FO3S/c1-6(2)11(13(18)19-3)20-10-4-7(12(15)17)9(16)5-8(10)14/h4-6,11H,1-3H3. The number of esters is 1. The molecular formula is C13H13Cl2FO3S. The molecule has 1 unspecified atom stereocenters. The summed E-state index contributed by atoms with van der Waals surface area (Å²) in [6, 6.07) is 2.25. The molecule has 110 valence electrons. The van der Waals surface area contributed by atoms with Crippen LogP contribution in [0.4, 0.5) is 4.39 Å². The highest BCUT2D eigenvalue weighted by Gasteiger charge is 2.26. The maximum Gasteiger partial charge on any atom is 0.319 e. The number of benzene rings is 1. The van der Waals surface area contributed by atoms with E-state index in [0.717, 1.165) is 17.8 Å². The highest BCUT2D eigenvalue weighted by atomic mass is 35.5. The summed E-state index contributed by atoms with van der Waals surface area (Å²) in [5.74, 6) is -1.23. The first kappa shape index (κ1) is 17.3. The second-order valence-corrected chi connectivity index (χ2v) is 6.28. The van der Waals surface area contributed by atoms with E-state index in [1.165, 1.54) is 13.2 Å². The van der Waals surface area contributed by atoms with Crippen LogP contribution in [0, 0.1) is 11.7 Å². The van der Waals surface area contributed by atoms with Crippen molar-refractivity contribution < 1.29 is 18.7 Å². The van der Waals surface area contributed by atoms with Gasteiger partial charge in [0.2, 0.25) is 0 Å². The van der Waals surface area contributed by atoms with E-state index in [1.807, 2.05) is 13.8 Å². The fourth-order valence-electron chi connectivity index (χ4n) is 1.48. The predicted molar refractivity (Wildman–Crippen MR) is 78.1 cm³/mol. The molecule has 0 fully saturated rings. The van der Waals surface area contributed by atoms with Crippen molar-refractivity contribution in [3.8, 4) is 0 Å². The van der Waals surface area contributed by atoms with E-state index in [9.17, 15) is 14.0 Å². The SMILES string of the molecule is COC(=O)C(Sc1cc(C(=O)Cl)c(F)cc1Cl)C(C)C. The van der Waals surface area contributed by atoms with Crippen LogP contribution in [0.15, 0.2) is 17.0 Å². The van der Waals surface area contributed by atoms with E-state index in [4.69, 9.17) is 27.9 Å². The summed E-state index contributed by atoms with van der Waals surface area (Å²) in [5, 5.41) is -1.31. The van der Waals surface area contributed by atoms with Gasteiger partial charge in [0.1, 0.15) is 11.1 Å². The Morgan fingerprint density at radius 3 is 2.40 bits per heavy atom. The largest absolute Gasteiger partial charge is 0.468 e. The van der Waals surface area contributed by atoms with Crippen molar-refractivity contribution in [2.24, 2.45) is 5.92 Å². The summed E-state index contributed by atoms with van der Waals surface area (Å²) in [6.07, 6.45) is 0. The maximum atomic E-state index is 13.5. The normalized spacial score (nSPS) is 12.3. The molecular weight excluding hydrogens is 326 g/mol. The molecule has 0 N–H and O–H groups in total. The third kappa shape index (κ3) is 4.11. The summed E-state index contributed by atoms with van der Waals surface area (Å²) in [5.41, 5.74) is -0.272. The van der Waals surface area contributed by atoms with Crippen molar-refractivity contribution in [2.45, 2.75) is 24.0 Å². The zero-order valence-electron chi connectivity index (χ0n) is 11.1. The molecule has 0 aliphatic rings. The van der Waals surface area contributed by atoms with Gasteiger partial charge in [-0.3, -0.25) is 9.59 Å². The van der Waals surface area contributed by atoms with E-state index in [2.05, 4.69) is 0 Å². The second-order valence-electron chi connectivity index (χ2n) is 4.34. The smallest absolute Gasteiger partial charge is 0.319 e. The monoisotopic (exact) mass is 338 g/mol. The van der Waals surface area contributed by atoms with Gasteiger partial charge in [-0.15, -0.1) is 11.8 Å². The van der Waals surface area contributed by atoms with Crippen LogP contribution < -0.4 is 0 Å². The Labute approximate surface area is 130 Å². The van der Waals surface area contributed by atoms with Crippen molar-refractivity contribution in [1.82, 2.24) is 0 Å². The second kappa shape index (κ2) is 7.29. The molecule has 0 amide bonds. The highest BCUT2D eigenvalue weighted by molar-refractivity contribution is 8.00. The molecule has 0 saturated heterocycles. The van der Waals surface area contributed by atoms with Gasteiger partial charge in [-0.25, -0.2) is 4.39 Å². The van der Waals surface area contributed by atoms with Crippen LogP contribution >= 0.6 is 35.0 Å². The Kier molecular flexibility index (Phi) is 6.30. The molecule has 0 spiro atoms. The lowest BCUT2D eigenvalue weighted by Gasteiger charge is -2.18. The van der Waals surface area contributed by atoms with E-state index in [1.54, 1.807) is 0 Å². The summed E-state index contributed by atoms with van der Waals surface area (Å²) in [4.78, 5) is 23.2. The number of halogens is 3. The van der Waals surface area contributed by atoms with Crippen LogP contribution in [0.5, 0.6) is 0 Å². The predicted octanol–water partition coefficient (Wildman–Crippen LogP) is 4.15. The quantitative estimate of drug-likeness (QED) is 0.459. The zero-order valence-corrected chi connectivity index (χ0v) is 13.4. The van der Waals surface area contributed by atoms with Crippen molar-refractivity contribution in [3.63, 3.8) is 0 Å². The summed E-state index contributed by atoms with van der Waals surface area (Å²) < 4.78 is 18.2. The minimum atomic E-state index is -0.916. The van der Waals surface area contributed by atoms with Crippen molar-refractivity contribution in [2.75, 3.05) is 7.11 Å². The molecule has 7 heteroatoms. The molecule has 20 heavy (non-hydrogen) atoms. The lowest BCUT2D eigenvalue weighted by Crippen LogP contribution is -2.24. The van der Waals surface area contributed by atoms with E-state index in [-0.39, 0.29) is 16.5 Å². The number of rotatable bonds is 5. The number of carbonyl (C=O) groups excluding carboxylic acids is 2. The molecule has 1 aromatic carbocycles. The van der Waals surface area contributed by atoms with Gasteiger partial charge in [0, 0.05) is 4.90 Å². The third-order valence-electron chi connectivity index (χ3n) is 2.53. The molecule has 0 heterocycles. The topological polar surface area (TPSA) is 43.4 Å². The highest BCUT2D eigenvalue weighted by Crippen LogP contribution is 2.36. The van der Waals surface area contributed by atoms with Crippen LogP contribution in [-0.4, -0.2) is 23.6 Å². The Bertz CT molecular complexity index is 535. The molecule has 1 aromatic rings. The fraction of sp³-hybridized carbons (Fsp3) is 0.385. The molecule has 1 rings (SSSR count). The average molecular weight is 339 g/mol. The van der Waals surface area contributed by atoms with Crippen molar-refractivity contribution in [3.05, 3.63) is 28.5 Å². The molecule has 0 bridgehead atoms. The lowest BCUT2D eigenvalue weighted by atomic mass is 10.1. The first-order chi connectivity index (χ1) is 9.27. The Morgan fingerprint density at radius 1 is 1.35 bits per heavy atom. The third-order valence-corrected chi connectivity index (χ3v) is 4.74. The Morgan fingerprint density at radius 2 is 1.95 bits per heavy atom. The number of methoxy groups -OCH3 is 1. The molecule has 0 aliphatic heterocycles. The average Bonchev–Trinajstić information content (AvgIpc) is 2.36. The van der Waals surface area contributed by atoms with Gasteiger partial charge < -0.3 is 4.74 Å². The summed E-state index contributed by atoms with van der Waals surface area (Å²) in [6.45, 7) is 3.69. The molecule has 0 aromatic heterocycles. The van der Waals surface area contributed by atoms with Gasteiger partial charge in [0.25, 0.3) is 5.24 Å². The molecule has 3 nitrogen and oxygen atoms in total. The van der Waals surface area contributed by atoms with Gasteiger partial charge >= 0.3 is 5.97 Å². The fourth-order valence-corrected chi connectivity index (χ4v) is 3.00. The maximum absolute atomic E-state index is 13.5. The minimum absolute atomic E-state index is 0.0243. The van der Waals surface area contributed by atoms with Crippen LogP contribution in [0.25, 0.3) is 0 Å². The van der Waals surface area contributed by atoms with Crippen molar-refractivity contribution in [1.29, 1.82) is 0 Å². The molecule has 0 radical (unpaired) electrons. The van der Waals surface area contributed by atoms with Crippen LogP contribution in [0.2, 0.25) is 5.02 Å². The summed E-state index contributed by atoms with van der Waals surface area (Å²) >= 11 is 12.3.